The summed E-state index contributed by atoms with van der Waals surface area (Å²) in [5.41, 5.74) is 9.88. The first-order chi connectivity index (χ1) is 13.3. The molecule has 1 aromatic heterocycles. The molecule has 0 radical (unpaired) electrons. The van der Waals surface area contributed by atoms with Crippen molar-refractivity contribution in [3.63, 3.8) is 0 Å². The summed E-state index contributed by atoms with van der Waals surface area (Å²) in [6.45, 7) is 2.23. The van der Waals surface area contributed by atoms with E-state index in [1.807, 2.05) is 11.3 Å². The van der Waals surface area contributed by atoms with E-state index in [-0.39, 0.29) is 0 Å². The Balaban J connectivity index is 1.59. The molecule has 1 aliphatic rings. The zero-order valence-corrected chi connectivity index (χ0v) is 15.9. The quantitative estimate of drug-likeness (QED) is 0.282. The van der Waals surface area contributed by atoms with Gasteiger partial charge in [0, 0.05) is 20.2 Å². The summed E-state index contributed by atoms with van der Waals surface area (Å²) in [5, 5.41) is 2.74. The minimum absolute atomic E-state index is 1.04. The maximum atomic E-state index is 2.39. The van der Waals surface area contributed by atoms with E-state index in [0.717, 1.165) is 6.42 Å². The fourth-order valence-electron chi connectivity index (χ4n) is 4.56. The minimum atomic E-state index is 1.04. The van der Waals surface area contributed by atoms with Crippen LogP contribution in [0.2, 0.25) is 0 Å². The van der Waals surface area contributed by atoms with E-state index in [2.05, 4.69) is 85.8 Å². The van der Waals surface area contributed by atoms with Crippen LogP contribution in [0.25, 0.3) is 42.4 Å². The van der Waals surface area contributed by atoms with E-state index >= 15 is 0 Å². The number of benzene rings is 4. The van der Waals surface area contributed by atoms with Crippen molar-refractivity contribution >= 4 is 31.5 Å². The second-order valence-electron chi connectivity index (χ2n) is 7.42. The molecule has 0 N–H and O–H groups in total. The molecule has 0 nitrogen and oxygen atoms in total. The van der Waals surface area contributed by atoms with Gasteiger partial charge in [-0.1, -0.05) is 60.7 Å². The molecular weight excluding hydrogens is 344 g/mol. The molecule has 1 heterocycles. The zero-order chi connectivity index (χ0) is 18.0. The lowest BCUT2D eigenvalue weighted by atomic mass is 9.95. The molecular formula is C26H18S. The Morgan fingerprint density at radius 1 is 0.630 bits per heavy atom. The van der Waals surface area contributed by atoms with Crippen LogP contribution in [0.3, 0.4) is 0 Å². The molecule has 0 atom stereocenters. The van der Waals surface area contributed by atoms with E-state index in [9.17, 15) is 0 Å². The standard InChI is InChI=1S/C26H18S/c1-16-6-4-9-19-20-10-5-8-18(23(20)15-22(16)19)17-12-13-26-24(14-17)21-7-2-3-11-25(21)27-26/h2-14H,15H2,1H3. The number of hydrogen-bond acceptors (Lipinski definition) is 1. The Morgan fingerprint density at radius 2 is 1.37 bits per heavy atom. The molecule has 27 heavy (non-hydrogen) atoms. The van der Waals surface area contributed by atoms with Crippen LogP contribution in [0.15, 0.2) is 78.9 Å². The van der Waals surface area contributed by atoms with Crippen molar-refractivity contribution in [3.8, 4) is 22.3 Å². The van der Waals surface area contributed by atoms with Crippen molar-refractivity contribution in [2.45, 2.75) is 13.3 Å². The van der Waals surface area contributed by atoms with Crippen LogP contribution in [-0.4, -0.2) is 0 Å². The Kier molecular flexibility index (Phi) is 3.12. The molecule has 5 aromatic rings. The largest absolute Gasteiger partial charge is 0.135 e. The molecule has 0 fully saturated rings. The number of thiophene rings is 1. The van der Waals surface area contributed by atoms with Gasteiger partial charge in [-0.2, -0.15) is 0 Å². The summed E-state index contributed by atoms with van der Waals surface area (Å²) < 4.78 is 2.73. The van der Waals surface area contributed by atoms with Gasteiger partial charge < -0.3 is 0 Å². The third kappa shape index (κ3) is 2.15. The van der Waals surface area contributed by atoms with Gasteiger partial charge >= 0.3 is 0 Å². The second kappa shape index (κ2) is 5.55. The highest BCUT2D eigenvalue weighted by Crippen LogP contribution is 2.44. The maximum Gasteiger partial charge on any atom is 0.0355 e. The summed E-state index contributed by atoms with van der Waals surface area (Å²) in [6, 6.07) is 29.2. The lowest BCUT2D eigenvalue weighted by Gasteiger charge is -2.09. The predicted molar refractivity (Wildman–Crippen MR) is 118 cm³/mol. The van der Waals surface area contributed by atoms with E-state index in [0.29, 0.717) is 0 Å². The van der Waals surface area contributed by atoms with E-state index in [1.54, 1.807) is 0 Å². The fourth-order valence-corrected chi connectivity index (χ4v) is 5.65. The van der Waals surface area contributed by atoms with Crippen molar-refractivity contribution in [3.05, 3.63) is 95.6 Å². The normalized spacial score (nSPS) is 12.5. The Labute approximate surface area is 162 Å². The molecule has 1 heteroatoms. The van der Waals surface area contributed by atoms with Gasteiger partial charge in [0.15, 0.2) is 0 Å². The van der Waals surface area contributed by atoms with Gasteiger partial charge in [0.25, 0.3) is 0 Å². The van der Waals surface area contributed by atoms with Crippen LogP contribution in [0.4, 0.5) is 0 Å². The van der Waals surface area contributed by atoms with Crippen LogP contribution < -0.4 is 0 Å². The van der Waals surface area contributed by atoms with Crippen LogP contribution in [0.5, 0.6) is 0 Å². The molecule has 0 spiro atoms. The molecule has 0 saturated carbocycles. The molecule has 1 aliphatic carbocycles. The third-order valence-electron chi connectivity index (χ3n) is 5.92. The summed E-state index contributed by atoms with van der Waals surface area (Å²) in [5.74, 6) is 0. The van der Waals surface area contributed by atoms with Crippen molar-refractivity contribution < 1.29 is 0 Å². The molecule has 0 bridgehead atoms. The van der Waals surface area contributed by atoms with Crippen LogP contribution in [0.1, 0.15) is 16.7 Å². The Bertz CT molecular complexity index is 1350. The van der Waals surface area contributed by atoms with E-state index in [1.165, 1.54) is 59.1 Å². The van der Waals surface area contributed by atoms with Crippen molar-refractivity contribution in [2.75, 3.05) is 0 Å². The minimum Gasteiger partial charge on any atom is -0.135 e. The van der Waals surface area contributed by atoms with E-state index < -0.39 is 0 Å². The monoisotopic (exact) mass is 362 g/mol. The molecule has 0 saturated heterocycles. The van der Waals surface area contributed by atoms with E-state index in [4.69, 9.17) is 0 Å². The molecule has 0 unspecified atom stereocenters. The van der Waals surface area contributed by atoms with Crippen LogP contribution in [-0.2, 0) is 6.42 Å². The third-order valence-corrected chi connectivity index (χ3v) is 7.07. The van der Waals surface area contributed by atoms with Gasteiger partial charge in [-0.15, -0.1) is 11.3 Å². The fraction of sp³-hybridized carbons (Fsp3) is 0.0769. The van der Waals surface area contributed by atoms with Gasteiger partial charge in [-0.05, 0) is 70.5 Å². The summed E-state index contributed by atoms with van der Waals surface area (Å²) in [4.78, 5) is 0. The molecule has 128 valence electrons. The highest BCUT2D eigenvalue weighted by Gasteiger charge is 2.22. The summed E-state index contributed by atoms with van der Waals surface area (Å²) in [7, 11) is 0. The van der Waals surface area contributed by atoms with Gasteiger partial charge in [0.2, 0.25) is 0 Å². The average Bonchev–Trinajstić information content (AvgIpc) is 3.27. The summed E-state index contributed by atoms with van der Waals surface area (Å²) in [6.07, 6.45) is 1.04. The second-order valence-corrected chi connectivity index (χ2v) is 8.50. The highest BCUT2D eigenvalue weighted by molar-refractivity contribution is 7.25. The van der Waals surface area contributed by atoms with Gasteiger partial charge in [0.05, 0.1) is 0 Å². The lowest BCUT2D eigenvalue weighted by Crippen LogP contribution is -1.89. The van der Waals surface area contributed by atoms with Crippen molar-refractivity contribution in [1.29, 1.82) is 0 Å². The molecule has 0 amide bonds. The molecule has 6 rings (SSSR count). The van der Waals surface area contributed by atoms with Crippen molar-refractivity contribution in [2.24, 2.45) is 0 Å². The van der Waals surface area contributed by atoms with Gasteiger partial charge in [0.1, 0.15) is 0 Å². The number of hydrogen-bond donors (Lipinski definition) is 0. The first kappa shape index (κ1) is 15.2. The molecule has 0 aliphatic heterocycles. The van der Waals surface area contributed by atoms with Crippen LogP contribution in [0, 0.1) is 6.92 Å². The SMILES string of the molecule is Cc1cccc2c1Cc1c(-c3ccc4sc5ccccc5c4c3)cccc1-2. The molecule has 4 aromatic carbocycles. The first-order valence-electron chi connectivity index (χ1n) is 9.42. The summed E-state index contributed by atoms with van der Waals surface area (Å²) >= 11 is 1.88. The maximum absolute atomic E-state index is 2.39. The van der Waals surface area contributed by atoms with Crippen molar-refractivity contribution in [1.82, 2.24) is 0 Å². The number of aryl methyl sites for hydroxylation is 1. The Hall–Kier alpha value is -2.90. The Morgan fingerprint density at radius 3 is 2.30 bits per heavy atom. The number of fused-ring (bicyclic) bond motifs is 6. The van der Waals surface area contributed by atoms with Gasteiger partial charge in [-0.3, -0.25) is 0 Å². The average molecular weight is 362 g/mol. The van der Waals surface area contributed by atoms with Gasteiger partial charge in [-0.25, -0.2) is 0 Å². The lowest BCUT2D eigenvalue weighted by molar-refractivity contribution is 1.22. The zero-order valence-electron chi connectivity index (χ0n) is 15.1. The predicted octanol–water partition coefficient (Wildman–Crippen LogP) is 7.60. The first-order valence-corrected chi connectivity index (χ1v) is 10.2. The highest BCUT2D eigenvalue weighted by atomic mass is 32.1. The smallest absolute Gasteiger partial charge is 0.0355 e. The topological polar surface area (TPSA) is 0 Å². The number of rotatable bonds is 1. The van der Waals surface area contributed by atoms with Crippen LogP contribution >= 0.6 is 11.3 Å².